The third-order valence-electron chi connectivity index (χ3n) is 4.07. The van der Waals surface area contributed by atoms with Gasteiger partial charge in [0.1, 0.15) is 5.60 Å². The number of hydrogen-bond acceptors (Lipinski definition) is 4. The van der Waals surface area contributed by atoms with Gasteiger partial charge < -0.3 is 19.7 Å². The number of methoxy groups -OCH3 is 1. The molecule has 2 aliphatic heterocycles. The van der Waals surface area contributed by atoms with E-state index >= 15 is 0 Å². The van der Waals surface area contributed by atoms with Crippen molar-refractivity contribution in [2.75, 3.05) is 39.9 Å². The zero-order valence-corrected chi connectivity index (χ0v) is 12.6. The molecule has 0 bridgehead atoms. The molecule has 0 spiro atoms. The fraction of sp³-hybridized carbons (Fsp3) is 0.923. The molecule has 2 heterocycles. The fourth-order valence-corrected chi connectivity index (χ4v) is 2.77. The highest BCUT2D eigenvalue weighted by molar-refractivity contribution is 5.86. The van der Waals surface area contributed by atoms with Crippen LogP contribution in [-0.2, 0) is 14.3 Å². The fourth-order valence-electron chi connectivity index (χ4n) is 2.77. The molecule has 0 aromatic carbocycles. The molecule has 6 heteroatoms. The van der Waals surface area contributed by atoms with Crippen LogP contribution in [0.1, 0.15) is 26.2 Å². The van der Waals surface area contributed by atoms with E-state index in [-0.39, 0.29) is 24.4 Å². The molecular weight excluding hydrogens is 268 g/mol. The highest BCUT2D eigenvalue weighted by Gasteiger charge is 2.43. The molecule has 0 radical (unpaired) electrons. The lowest BCUT2D eigenvalue weighted by Gasteiger charge is -2.41. The number of carbonyl (C=O) groups excluding carboxylic acids is 1. The van der Waals surface area contributed by atoms with Crippen LogP contribution in [-0.4, -0.2) is 62.4 Å². The SMILES string of the molecule is CCC1CN(C(=O)C2(OC)CCNCC2)CCO1.Cl. The summed E-state index contributed by atoms with van der Waals surface area (Å²) in [5.74, 6) is 0.147. The van der Waals surface area contributed by atoms with Gasteiger partial charge in [0.05, 0.1) is 12.7 Å². The van der Waals surface area contributed by atoms with E-state index in [9.17, 15) is 4.79 Å². The zero-order chi connectivity index (χ0) is 13.0. The molecule has 5 nitrogen and oxygen atoms in total. The molecule has 112 valence electrons. The lowest BCUT2D eigenvalue weighted by atomic mass is 9.90. The molecule has 19 heavy (non-hydrogen) atoms. The Kier molecular flexibility index (Phi) is 6.53. The Balaban J connectivity index is 0.00000180. The second kappa shape index (κ2) is 7.43. The van der Waals surface area contributed by atoms with Crippen LogP contribution in [0.15, 0.2) is 0 Å². The number of piperidine rings is 1. The van der Waals surface area contributed by atoms with Gasteiger partial charge in [0.15, 0.2) is 0 Å². The van der Waals surface area contributed by atoms with Crippen LogP contribution in [0.3, 0.4) is 0 Å². The second-order valence-electron chi connectivity index (χ2n) is 5.10. The van der Waals surface area contributed by atoms with Gasteiger partial charge in [0.2, 0.25) is 0 Å². The summed E-state index contributed by atoms with van der Waals surface area (Å²) >= 11 is 0. The molecule has 1 unspecified atom stereocenters. The summed E-state index contributed by atoms with van der Waals surface area (Å²) in [4.78, 5) is 14.6. The Morgan fingerprint density at radius 3 is 2.74 bits per heavy atom. The maximum atomic E-state index is 12.7. The van der Waals surface area contributed by atoms with Crippen molar-refractivity contribution in [3.63, 3.8) is 0 Å². The largest absolute Gasteiger partial charge is 0.375 e. The third kappa shape index (κ3) is 3.60. The normalized spacial score (nSPS) is 26.6. The average molecular weight is 293 g/mol. The summed E-state index contributed by atoms with van der Waals surface area (Å²) in [6.45, 7) is 5.82. The third-order valence-corrected chi connectivity index (χ3v) is 4.07. The van der Waals surface area contributed by atoms with Gasteiger partial charge in [0, 0.05) is 20.2 Å². The smallest absolute Gasteiger partial charge is 0.255 e. The molecule has 1 atom stereocenters. The van der Waals surface area contributed by atoms with Crippen LogP contribution in [0.4, 0.5) is 0 Å². The number of morpholine rings is 1. The summed E-state index contributed by atoms with van der Waals surface area (Å²) in [5.41, 5.74) is -0.610. The number of nitrogens with one attached hydrogen (secondary N) is 1. The highest BCUT2D eigenvalue weighted by Crippen LogP contribution is 2.26. The van der Waals surface area contributed by atoms with Crippen molar-refractivity contribution in [1.82, 2.24) is 10.2 Å². The Bertz CT molecular complexity index is 296. The van der Waals surface area contributed by atoms with Crippen LogP contribution in [0.5, 0.6) is 0 Å². The van der Waals surface area contributed by atoms with Crippen molar-refractivity contribution in [3.8, 4) is 0 Å². The first-order valence-corrected chi connectivity index (χ1v) is 6.88. The van der Waals surface area contributed by atoms with E-state index in [1.54, 1.807) is 7.11 Å². The van der Waals surface area contributed by atoms with Crippen LogP contribution in [0.25, 0.3) is 0 Å². The molecule has 2 aliphatic rings. The zero-order valence-electron chi connectivity index (χ0n) is 11.8. The molecule has 0 saturated carbocycles. The van der Waals surface area contributed by atoms with E-state index in [1.807, 2.05) is 4.90 Å². The number of nitrogens with zero attached hydrogens (tertiary/aromatic N) is 1. The predicted molar refractivity (Wildman–Crippen MR) is 75.7 cm³/mol. The Hall–Kier alpha value is -0.360. The molecule has 0 aromatic rings. The first-order chi connectivity index (χ1) is 8.72. The second-order valence-corrected chi connectivity index (χ2v) is 5.10. The van der Waals surface area contributed by atoms with Gasteiger partial charge >= 0.3 is 0 Å². The average Bonchev–Trinajstić information content (AvgIpc) is 2.47. The summed E-state index contributed by atoms with van der Waals surface area (Å²) in [7, 11) is 1.65. The summed E-state index contributed by atoms with van der Waals surface area (Å²) in [6, 6.07) is 0. The number of halogens is 1. The predicted octanol–water partition coefficient (Wildman–Crippen LogP) is 0.814. The van der Waals surface area contributed by atoms with Crippen molar-refractivity contribution in [2.45, 2.75) is 37.9 Å². The topological polar surface area (TPSA) is 50.8 Å². The van der Waals surface area contributed by atoms with Gasteiger partial charge in [-0.1, -0.05) is 6.92 Å². The minimum atomic E-state index is -0.610. The Morgan fingerprint density at radius 2 is 2.16 bits per heavy atom. The lowest BCUT2D eigenvalue weighted by Crippen LogP contribution is -2.58. The standard InChI is InChI=1S/C13H24N2O3.ClH/c1-3-11-10-15(8-9-18-11)12(16)13(17-2)4-6-14-7-5-13;/h11,14H,3-10H2,1-2H3;1H. The number of amides is 1. The van der Waals surface area contributed by atoms with Crippen LogP contribution < -0.4 is 5.32 Å². The van der Waals surface area contributed by atoms with Gasteiger partial charge in [-0.05, 0) is 32.4 Å². The van der Waals surface area contributed by atoms with Crippen molar-refractivity contribution >= 4 is 18.3 Å². The summed E-state index contributed by atoms with van der Waals surface area (Å²) in [5, 5.41) is 3.28. The van der Waals surface area contributed by atoms with Crippen molar-refractivity contribution in [1.29, 1.82) is 0 Å². The molecule has 2 rings (SSSR count). The quantitative estimate of drug-likeness (QED) is 0.836. The van der Waals surface area contributed by atoms with Crippen LogP contribution >= 0.6 is 12.4 Å². The molecule has 0 aliphatic carbocycles. The molecule has 2 fully saturated rings. The molecule has 0 aromatic heterocycles. The molecular formula is C13H25ClN2O3. The van der Waals surface area contributed by atoms with Crippen molar-refractivity contribution in [3.05, 3.63) is 0 Å². The van der Waals surface area contributed by atoms with Gasteiger partial charge in [-0.15, -0.1) is 12.4 Å². The molecule has 2 saturated heterocycles. The molecule has 1 N–H and O–H groups in total. The van der Waals surface area contributed by atoms with E-state index < -0.39 is 5.60 Å². The maximum Gasteiger partial charge on any atom is 0.255 e. The van der Waals surface area contributed by atoms with Crippen molar-refractivity contribution in [2.24, 2.45) is 0 Å². The number of ether oxygens (including phenoxy) is 2. The van der Waals surface area contributed by atoms with Gasteiger partial charge in [-0.25, -0.2) is 0 Å². The minimum absolute atomic E-state index is 0. The first-order valence-electron chi connectivity index (χ1n) is 6.88. The van der Waals surface area contributed by atoms with Crippen LogP contribution in [0.2, 0.25) is 0 Å². The van der Waals surface area contributed by atoms with Gasteiger partial charge in [-0.3, -0.25) is 4.79 Å². The van der Waals surface area contributed by atoms with Gasteiger partial charge in [-0.2, -0.15) is 0 Å². The first kappa shape index (κ1) is 16.7. The molecule has 1 amide bonds. The van der Waals surface area contributed by atoms with E-state index in [1.165, 1.54) is 0 Å². The lowest BCUT2D eigenvalue weighted by molar-refractivity contribution is -0.165. The number of carbonyl (C=O) groups is 1. The summed E-state index contributed by atoms with van der Waals surface area (Å²) < 4.78 is 11.2. The Labute approximate surface area is 121 Å². The van der Waals surface area contributed by atoms with E-state index in [0.717, 1.165) is 32.4 Å². The van der Waals surface area contributed by atoms with E-state index in [4.69, 9.17) is 9.47 Å². The van der Waals surface area contributed by atoms with Crippen molar-refractivity contribution < 1.29 is 14.3 Å². The van der Waals surface area contributed by atoms with Crippen LogP contribution in [0, 0.1) is 0 Å². The minimum Gasteiger partial charge on any atom is -0.375 e. The van der Waals surface area contributed by atoms with E-state index in [2.05, 4.69) is 12.2 Å². The highest BCUT2D eigenvalue weighted by atomic mass is 35.5. The van der Waals surface area contributed by atoms with Gasteiger partial charge in [0.25, 0.3) is 5.91 Å². The van der Waals surface area contributed by atoms with E-state index in [0.29, 0.717) is 19.7 Å². The number of rotatable bonds is 3. The Morgan fingerprint density at radius 1 is 1.47 bits per heavy atom. The maximum absolute atomic E-state index is 12.7. The number of hydrogen-bond donors (Lipinski definition) is 1. The monoisotopic (exact) mass is 292 g/mol. The summed E-state index contributed by atoms with van der Waals surface area (Å²) in [6.07, 6.45) is 2.65.